The first-order chi connectivity index (χ1) is 15.2. The highest BCUT2D eigenvalue weighted by Gasteiger charge is 2.35. The summed E-state index contributed by atoms with van der Waals surface area (Å²) in [7, 11) is 1.65. The highest BCUT2D eigenvalue weighted by atomic mass is 16.5. The van der Waals surface area contributed by atoms with Gasteiger partial charge in [0.15, 0.2) is 0 Å². The number of carbonyl (C=O) groups is 1. The molecule has 1 N–H and O–H groups in total. The van der Waals surface area contributed by atoms with Crippen molar-refractivity contribution in [2.45, 2.75) is 31.3 Å². The molecule has 1 saturated carbocycles. The number of nitrogens with zero attached hydrogens (tertiary/aromatic N) is 4. The number of hydrogen-bond acceptors (Lipinski definition) is 4. The topological polar surface area (TPSA) is 76.0 Å². The quantitative estimate of drug-likeness (QED) is 0.551. The minimum absolute atomic E-state index is 0.00246. The number of imidazole rings is 2. The van der Waals surface area contributed by atoms with Crippen molar-refractivity contribution in [3.63, 3.8) is 0 Å². The normalized spacial score (nSPS) is 18.2. The molecule has 1 fully saturated rings. The molecule has 1 aliphatic carbocycles. The Labute approximate surface area is 179 Å². The first-order valence-electron chi connectivity index (χ1n) is 10.7. The third kappa shape index (κ3) is 3.00. The monoisotopic (exact) mass is 413 g/mol. The highest BCUT2D eigenvalue weighted by Crippen LogP contribution is 2.38. The van der Waals surface area contributed by atoms with Crippen molar-refractivity contribution in [2.75, 3.05) is 13.7 Å². The van der Waals surface area contributed by atoms with Crippen molar-refractivity contribution in [1.82, 2.24) is 24.4 Å². The zero-order valence-corrected chi connectivity index (χ0v) is 17.3. The molecule has 2 aromatic heterocycles. The number of amides is 1. The molecule has 1 aliphatic heterocycles. The Morgan fingerprint density at radius 3 is 2.74 bits per heavy atom. The second-order valence-electron chi connectivity index (χ2n) is 8.28. The molecule has 0 radical (unpaired) electrons. The Kier molecular flexibility index (Phi) is 4.09. The van der Waals surface area contributed by atoms with Gasteiger partial charge in [0.05, 0.1) is 36.5 Å². The number of fused-ring (bicyclic) bond motifs is 2. The summed E-state index contributed by atoms with van der Waals surface area (Å²) in [4.78, 5) is 27.9. The standard InChI is InChI=1S/C24H23N5O2/c1-31-18-7-2-15(3-8-18)23-22-19(25-13-26-22)10-11-28(23)24(30)16-4-9-21-20(12-16)27-14-29(21)17-5-6-17/h2-4,7-9,12-14,17,23H,5-6,10-11H2,1H3,(H,25,26)/t23-/m1/s1. The zero-order valence-electron chi connectivity index (χ0n) is 17.3. The summed E-state index contributed by atoms with van der Waals surface area (Å²) in [5.41, 5.74) is 5.63. The maximum atomic E-state index is 13.7. The van der Waals surface area contributed by atoms with Gasteiger partial charge in [-0.3, -0.25) is 4.79 Å². The van der Waals surface area contributed by atoms with Crippen LogP contribution in [0.5, 0.6) is 5.75 Å². The van der Waals surface area contributed by atoms with Crippen LogP contribution < -0.4 is 4.74 Å². The van der Waals surface area contributed by atoms with Crippen molar-refractivity contribution < 1.29 is 9.53 Å². The first kappa shape index (κ1) is 18.2. The van der Waals surface area contributed by atoms with Gasteiger partial charge in [-0.25, -0.2) is 9.97 Å². The summed E-state index contributed by atoms with van der Waals surface area (Å²) in [5.74, 6) is 0.786. The number of ether oxygens (including phenoxy) is 1. The van der Waals surface area contributed by atoms with Crippen LogP contribution in [0.25, 0.3) is 11.0 Å². The average molecular weight is 413 g/mol. The van der Waals surface area contributed by atoms with E-state index in [2.05, 4.69) is 19.5 Å². The van der Waals surface area contributed by atoms with Crippen LogP contribution in [-0.2, 0) is 6.42 Å². The van der Waals surface area contributed by atoms with Gasteiger partial charge in [-0.05, 0) is 48.7 Å². The average Bonchev–Trinajstić information content (AvgIpc) is 3.39. The van der Waals surface area contributed by atoms with Gasteiger partial charge in [0, 0.05) is 30.3 Å². The van der Waals surface area contributed by atoms with Crippen molar-refractivity contribution in [1.29, 1.82) is 0 Å². The van der Waals surface area contributed by atoms with E-state index in [1.807, 2.05) is 53.7 Å². The largest absolute Gasteiger partial charge is 0.497 e. The Hall–Kier alpha value is -3.61. The number of aromatic amines is 1. The lowest BCUT2D eigenvalue weighted by molar-refractivity contribution is 0.0690. The number of carbonyl (C=O) groups excluding carboxylic acids is 1. The lowest BCUT2D eigenvalue weighted by Gasteiger charge is -2.35. The maximum Gasteiger partial charge on any atom is 0.254 e. The van der Waals surface area contributed by atoms with E-state index in [-0.39, 0.29) is 11.9 Å². The molecule has 7 heteroatoms. The summed E-state index contributed by atoms with van der Waals surface area (Å²) in [5, 5.41) is 0. The second-order valence-corrected chi connectivity index (χ2v) is 8.28. The fraction of sp³-hybridized carbons (Fsp3) is 0.292. The van der Waals surface area contributed by atoms with Crippen molar-refractivity contribution >= 4 is 16.9 Å². The van der Waals surface area contributed by atoms with Gasteiger partial charge in [0.25, 0.3) is 5.91 Å². The molecule has 0 unspecified atom stereocenters. The highest BCUT2D eigenvalue weighted by molar-refractivity contribution is 5.98. The van der Waals surface area contributed by atoms with Crippen molar-refractivity contribution in [3.05, 3.63) is 77.6 Å². The van der Waals surface area contributed by atoms with Gasteiger partial charge in [0.2, 0.25) is 0 Å². The number of benzene rings is 2. The SMILES string of the molecule is COc1ccc([C@@H]2c3nc[nH]c3CCN2C(=O)c2ccc3c(c2)ncn3C2CC2)cc1. The minimum Gasteiger partial charge on any atom is -0.497 e. The molecule has 2 aromatic carbocycles. The third-order valence-electron chi connectivity index (χ3n) is 6.38. The van der Waals surface area contributed by atoms with E-state index in [0.29, 0.717) is 18.2 Å². The number of rotatable bonds is 4. The molecule has 3 heterocycles. The Balaban J connectivity index is 1.38. The van der Waals surface area contributed by atoms with Crippen LogP contribution in [0.2, 0.25) is 0 Å². The number of H-pyrrole nitrogens is 1. The maximum absolute atomic E-state index is 13.7. The number of aromatic nitrogens is 4. The van der Waals surface area contributed by atoms with E-state index in [4.69, 9.17) is 4.74 Å². The van der Waals surface area contributed by atoms with Crippen LogP contribution in [0, 0.1) is 0 Å². The molecular formula is C24H23N5O2. The van der Waals surface area contributed by atoms with Crippen molar-refractivity contribution in [2.24, 2.45) is 0 Å². The lowest BCUT2D eigenvalue weighted by Crippen LogP contribution is -2.40. The van der Waals surface area contributed by atoms with Crippen LogP contribution >= 0.6 is 0 Å². The zero-order chi connectivity index (χ0) is 20.9. The second kappa shape index (κ2) is 6.97. The fourth-order valence-corrected chi connectivity index (χ4v) is 4.59. The molecule has 4 aromatic rings. The molecule has 1 atom stereocenters. The Bertz CT molecular complexity index is 1270. The van der Waals surface area contributed by atoms with Crippen LogP contribution in [0.4, 0.5) is 0 Å². The van der Waals surface area contributed by atoms with Gasteiger partial charge in [-0.15, -0.1) is 0 Å². The summed E-state index contributed by atoms with van der Waals surface area (Å²) in [6, 6.07) is 14.1. The summed E-state index contributed by atoms with van der Waals surface area (Å²) in [6.45, 7) is 0.624. The Morgan fingerprint density at radius 2 is 1.97 bits per heavy atom. The van der Waals surface area contributed by atoms with E-state index >= 15 is 0 Å². The van der Waals surface area contributed by atoms with Gasteiger partial charge in [-0.1, -0.05) is 12.1 Å². The van der Waals surface area contributed by atoms with Crippen LogP contribution in [0.1, 0.15) is 52.2 Å². The smallest absolute Gasteiger partial charge is 0.254 e. The van der Waals surface area contributed by atoms with Crippen molar-refractivity contribution in [3.8, 4) is 5.75 Å². The lowest BCUT2D eigenvalue weighted by atomic mass is 9.94. The fourth-order valence-electron chi connectivity index (χ4n) is 4.59. The van der Waals surface area contributed by atoms with E-state index in [0.717, 1.165) is 40.2 Å². The van der Waals surface area contributed by atoms with Gasteiger partial charge < -0.3 is 19.2 Å². The molecule has 0 spiro atoms. The van der Waals surface area contributed by atoms with Gasteiger partial charge in [-0.2, -0.15) is 0 Å². The number of hydrogen-bond donors (Lipinski definition) is 1. The molecular weight excluding hydrogens is 390 g/mol. The molecule has 7 nitrogen and oxygen atoms in total. The van der Waals surface area contributed by atoms with E-state index < -0.39 is 0 Å². The summed E-state index contributed by atoms with van der Waals surface area (Å²) >= 11 is 0. The number of nitrogens with one attached hydrogen (secondary N) is 1. The van der Waals surface area contributed by atoms with Crippen LogP contribution in [-0.4, -0.2) is 44.0 Å². The molecule has 0 saturated heterocycles. The molecule has 31 heavy (non-hydrogen) atoms. The van der Waals surface area contributed by atoms with Crippen LogP contribution in [0.3, 0.4) is 0 Å². The first-order valence-corrected chi connectivity index (χ1v) is 10.7. The predicted molar refractivity (Wildman–Crippen MR) is 116 cm³/mol. The number of methoxy groups -OCH3 is 1. The Morgan fingerprint density at radius 1 is 1.13 bits per heavy atom. The molecule has 6 rings (SSSR count). The third-order valence-corrected chi connectivity index (χ3v) is 6.38. The molecule has 2 aliphatic rings. The minimum atomic E-state index is -0.242. The van der Waals surface area contributed by atoms with E-state index in [1.54, 1.807) is 13.4 Å². The molecule has 1 amide bonds. The van der Waals surface area contributed by atoms with Gasteiger partial charge >= 0.3 is 0 Å². The van der Waals surface area contributed by atoms with E-state index in [9.17, 15) is 4.79 Å². The summed E-state index contributed by atoms with van der Waals surface area (Å²) in [6.07, 6.45) is 6.77. The van der Waals surface area contributed by atoms with Crippen LogP contribution in [0.15, 0.2) is 55.1 Å². The van der Waals surface area contributed by atoms with E-state index in [1.165, 1.54) is 12.8 Å². The molecule has 156 valence electrons. The summed E-state index contributed by atoms with van der Waals surface area (Å²) < 4.78 is 7.53. The molecule has 0 bridgehead atoms. The predicted octanol–water partition coefficient (Wildman–Crippen LogP) is 3.89. The van der Waals surface area contributed by atoms with Gasteiger partial charge in [0.1, 0.15) is 11.8 Å².